The van der Waals surface area contributed by atoms with Gasteiger partial charge in [-0.25, -0.2) is 10.3 Å². The smallest absolute Gasteiger partial charge is 0.278 e. The molecule has 0 aliphatic carbocycles. The van der Waals surface area contributed by atoms with Crippen molar-refractivity contribution >= 4 is 22.5 Å². The van der Waals surface area contributed by atoms with Gasteiger partial charge in [0.2, 0.25) is 0 Å². The Kier molecular flexibility index (Phi) is 4.73. The first-order chi connectivity index (χ1) is 13.2. The molecule has 1 atom stereocenters. The standard InChI is InChI=1S/C17H19N5O5/c1-24-13-8-10-7-11(17(23)19-27-15-5-3-4-6-26-15)16-18-20-21-22(16)12(10)9-14(13)25-2/h7-9,15H,3-6H2,1-2H3,(H,19,23). The van der Waals surface area contributed by atoms with Crippen molar-refractivity contribution in [3.05, 3.63) is 23.8 Å². The van der Waals surface area contributed by atoms with Crippen LogP contribution in [0.2, 0.25) is 0 Å². The quantitative estimate of drug-likeness (QED) is 0.670. The summed E-state index contributed by atoms with van der Waals surface area (Å²) in [4.78, 5) is 18.0. The molecule has 1 aliphatic heterocycles. The number of nitrogens with one attached hydrogen (secondary N) is 1. The number of methoxy groups -OCH3 is 2. The molecular formula is C17H19N5O5. The van der Waals surface area contributed by atoms with Crippen LogP contribution in [0.25, 0.3) is 16.6 Å². The first kappa shape index (κ1) is 17.4. The van der Waals surface area contributed by atoms with E-state index < -0.39 is 12.2 Å². The molecule has 3 heterocycles. The van der Waals surface area contributed by atoms with Gasteiger partial charge in [0, 0.05) is 24.5 Å². The summed E-state index contributed by atoms with van der Waals surface area (Å²) < 4.78 is 17.6. The van der Waals surface area contributed by atoms with Gasteiger partial charge in [-0.1, -0.05) is 0 Å². The average molecular weight is 373 g/mol. The highest BCUT2D eigenvalue weighted by Gasteiger charge is 2.21. The summed E-state index contributed by atoms with van der Waals surface area (Å²) in [5.41, 5.74) is 3.70. The van der Waals surface area contributed by atoms with Crippen molar-refractivity contribution in [2.24, 2.45) is 0 Å². The molecule has 0 bridgehead atoms. The third-order valence-corrected chi connectivity index (χ3v) is 4.44. The van der Waals surface area contributed by atoms with E-state index >= 15 is 0 Å². The summed E-state index contributed by atoms with van der Waals surface area (Å²) in [6.45, 7) is 0.622. The Hall–Kier alpha value is -2.98. The molecule has 4 rings (SSSR count). The van der Waals surface area contributed by atoms with Crippen molar-refractivity contribution in [1.82, 2.24) is 25.5 Å². The van der Waals surface area contributed by atoms with Crippen LogP contribution in [0.3, 0.4) is 0 Å². The van der Waals surface area contributed by atoms with Gasteiger partial charge in [0.25, 0.3) is 5.91 Å². The lowest BCUT2D eigenvalue weighted by atomic mass is 10.1. The number of hydrogen-bond acceptors (Lipinski definition) is 8. The van der Waals surface area contributed by atoms with Gasteiger partial charge in [-0.05, 0) is 35.4 Å². The fourth-order valence-electron chi connectivity index (χ4n) is 3.07. The van der Waals surface area contributed by atoms with Crippen molar-refractivity contribution < 1.29 is 23.8 Å². The topological polar surface area (TPSA) is 109 Å². The number of tetrazole rings is 1. The Bertz CT molecular complexity index is 983. The maximum atomic E-state index is 12.7. The Labute approximate surface area is 154 Å². The van der Waals surface area contributed by atoms with Crippen molar-refractivity contribution in [2.75, 3.05) is 20.8 Å². The monoisotopic (exact) mass is 373 g/mol. The zero-order valence-corrected chi connectivity index (χ0v) is 15.0. The van der Waals surface area contributed by atoms with E-state index in [-0.39, 0.29) is 5.56 Å². The maximum absolute atomic E-state index is 12.7. The molecule has 10 heteroatoms. The molecule has 27 heavy (non-hydrogen) atoms. The Morgan fingerprint density at radius 1 is 1.22 bits per heavy atom. The highest BCUT2D eigenvalue weighted by atomic mass is 16.8. The van der Waals surface area contributed by atoms with Crippen LogP contribution >= 0.6 is 0 Å². The molecular weight excluding hydrogens is 354 g/mol. The van der Waals surface area contributed by atoms with Gasteiger partial charge < -0.3 is 14.2 Å². The van der Waals surface area contributed by atoms with E-state index in [0.29, 0.717) is 34.7 Å². The fraction of sp³-hybridized carbons (Fsp3) is 0.412. The molecule has 142 valence electrons. The molecule has 1 aliphatic rings. The normalized spacial score (nSPS) is 17.2. The number of aromatic nitrogens is 4. The SMILES string of the molecule is COc1cc2cc(C(=O)NOC3CCCCO3)c3nnnn3c2cc1OC. The number of hydrogen-bond donors (Lipinski definition) is 1. The van der Waals surface area contributed by atoms with Crippen LogP contribution in [0, 0.1) is 0 Å². The van der Waals surface area contributed by atoms with Crippen molar-refractivity contribution in [3.8, 4) is 11.5 Å². The number of ether oxygens (including phenoxy) is 3. The average Bonchev–Trinajstić information content (AvgIpc) is 3.21. The number of pyridine rings is 1. The molecule has 1 fully saturated rings. The van der Waals surface area contributed by atoms with Crippen LogP contribution in [-0.4, -0.2) is 53.1 Å². The predicted octanol–water partition coefficient (Wildman–Crippen LogP) is 1.48. The van der Waals surface area contributed by atoms with E-state index in [9.17, 15) is 4.79 Å². The van der Waals surface area contributed by atoms with E-state index in [4.69, 9.17) is 19.0 Å². The predicted molar refractivity (Wildman–Crippen MR) is 93.5 cm³/mol. The number of nitrogens with zero attached hydrogens (tertiary/aromatic N) is 4. The third-order valence-electron chi connectivity index (χ3n) is 4.44. The minimum Gasteiger partial charge on any atom is -0.493 e. The lowest BCUT2D eigenvalue weighted by Crippen LogP contribution is -2.33. The van der Waals surface area contributed by atoms with Gasteiger partial charge in [0.05, 0.1) is 25.3 Å². The lowest BCUT2D eigenvalue weighted by molar-refractivity contribution is -0.186. The molecule has 2 aromatic heterocycles. The summed E-state index contributed by atoms with van der Waals surface area (Å²) in [6.07, 6.45) is 2.28. The molecule has 1 aromatic carbocycles. The second-order valence-electron chi connectivity index (χ2n) is 6.08. The Morgan fingerprint density at radius 3 is 2.78 bits per heavy atom. The first-order valence-corrected chi connectivity index (χ1v) is 8.55. The second-order valence-corrected chi connectivity index (χ2v) is 6.08. The zero-order chi connectivity index (χ0) is 18.8. The molecule has 10 nitrogen and oxygen atoms in total. The van der Waals surface area contributed by atoms with Gasteiger partial charge in [-0.3, -0.25) is 4.79 Å². The van der Waals surface area contributed by atoms with Crippen LogP contribution in [0.15, 0.2) is 18.2 Å². The highest BCUT2D eigenvalue weighted by Crippen LogP contribution is 2.33. The number of amides is 1. The van der Waals surface area contributed by atoms with E-state index in [1.165, 1.54) is 4.52 Å². The number of carbonyl (C=O) groups excluding carboxylic acids is 1. The van der Waals surface area contributed by atoms with Crippen LogP contribution in [0.4, 0.5) is 0 Å². The second kappa shape index (κ2) is 7.33. The summed E-state index contributed by atoms with van der Waals surface area (Å²) in [5, 5.41) is 12.4. The number of fused-ring (bicyclic) bond motifs is 3. The molecule has 0 radical (unpaired) electrons. The molecule has 3 aromatic rings. The summed E-state index contributed by atoms with van der Waals surface area (Å²) in [7, 11) is 3.10. The highest BCUT2D eigenvalue weighted by molar-refractivity contribution is 6.03. The van der Waals surface area contributed by atoms with Gasteiger partial charge in [0.15, 0.2) is 23.4 Å². The fourth-order valence-corrected chi connectivity index (χ4v) is 3.07. The first-order valence-electron chi connectivity index (χ1n) is 8.55. The number of benzene rings is 1. The van der Waals surface area contributed by atoms with E-state index in [0.717, 1.165) is 19.3 Å². The van der Waals surface area contributed by atoms with Gasteiger partial charge >= 0.3 is 0 Å². The Morgan fingerprint density at radius 2 is 2.04 bits per heavy atom. The van der Waals surface area contributed by atoms with Crippen LogP contribution in [0.1, 0.15) is 29.6 Å². The van der Waals surface area contributed by atoms with Crippen LogP contribution < -0.4 is 15.0 Å². The van der Waals surface area contributed by atoms with Gasteiger partial charge in [0.1, 0.15) is 0 Å². The van der Waals surface area contributed by atoms with E-state index in [1.807, 2.05) is 0 Å². The molecule has 0 saturated carbocycles. The van der Waals surface area contributed by atoms with Crippen molar-refractivity contribution in [3.63, 3.8) is 0 Å². The molecule has 0 spiro atoms. The zero-order valence-electron chi connectivity index (χ0n) is 15.0. The van der Waals surface area contributed by atoms with Crippen molar-refractivity contribution in [2.45, 2.75) is 25.6 Å². The van der Waals surface area contributed by atoms with Crippen LogP contribution in [0.5, 0.6) is 11.5 Å². The number of rotatable bonds is 5. The van der Waals surface area contributed by atoms with Gasteiger partial charge in [-0.2, -0.15) is 4.52 Å². The molecule has 1 amide bonds. The number of carbonyl (C=O) groups is 1. The summed E-state index contributed by atoms with van der Waals surface area (Å²) in [5.74, 6) is 0.619. The minimum absolute atomic E-state index is 0.274. The Balaban J connectivity index is 1.70. The molecule has 1 saturated heterocycles. The van der Waals surface area contributed by atoms with E-state index in [1.54, 1.807) is 32.4 Å². The minimum atomic E-state index is -0.458. The lowest BCUT2D eigenvalue weighted by Gasteiger charge is -2.22. The van der Waals surface area contributed by atoms with Crippen LogP contribution in [-0.2, 0) is 9.57 Å². The van der Waals surface area contributed by atoms with Crippen molar-refractivity contribution in [1.29, 1.82) is 0 Å². The molecule has 1 N–H and O–H groups in total. The number of hydroxylamine groups is 1. The largest absolute Gasteiger partial charge is 0.493 e. The van der Waals surface area contributed by atoms with Gasteiger partial charge in [-0.15, -0.1) is 5.10 Å². The van der Waals surface area contributed by atoms with E-state index in [2.05, 4.69) is 21.0 Å². The summed E-state index contributed by atoms with van der Waals surface area (Å²) >= 11 is 0. The maximum Gasteiger partial charge on any atom is 0.278 e. The summed E-state index contributed by atoms with van der Waals surface area (Å²) in [6, 6.07) is 5.20. The molecule has 1 unspecified atom stereocenters. The third kappa shape index (κ3) is 3.24.